The van der Waals surface area contributed by atoms with Gasteiger partial charge < -0.3 is 10.3 Å². The Kier molecular flexibility index (Phi) is 1.67. The molecule has 0 saturated carbocycles. The lowest BCUT2D eigenvalue weighted by Gasteiger charge is -2.43. The van der Waals surface area contributed by atoms with Crippen molar-refractivity contribution in [2.45, 2.75) is 38.8 Å². The Morgan fingerprint density at radius 3 is 1.33 bits per heavy atom. The van der Waals surface area contributed by atoms with Crippen molar-refractivity contribution >= 4 is 11.6 Å². The molecule has 4 heteroatoms. The molecular formula is C8H12NO3-. The second-order valence-electron chi connectivity index (χ2n) is 4.07. The molecule has 0 unspecified atom stereocenters. The van der Waals surface area contributed by atoms with Gasteiger partial charge in [-0.25, -0.2) is 0 Å². The highest BCUT2D eigenvalue weighted by Crippen LogP contribution is 2.33. The van der Waals surface area contributed by atoms with Crippen molar-refractivity contribution in [1.29, 1.82) is 0 Å². The Labute approximate surface area is 71.1 Å². The Morgan fingerprint density at radius 2 is 1.25 bits per heavy atom. The highest BCUT2D eigenvalue weighted by Gasteiger charge is 2.53. The van der Waals surface area contributed by atoms with Crippen LogP contribution in [0.3, 0.4) is 0 Å². The van der Waals surface area contributed by atoms with Gasteiger partial charge in [-0.1, -0.05) is 0 Å². The molecule has 1 aliphatic heterocycles. The summed E-state index contributed by atoms with van der Waals surface area (Å²) in [7, 11) is 0. The zero-order valence-corrected chi connectivity index (χ0v) is 7.67. The van der Waals surface area contributed by atoms with Gasteiger partial charge in [0.1, 0.15) is 0 Å². The second-order valence-corrected chi connectivity index (χ2v) is 4.07. The van der Waals surface area contributed by atoms with E-state index < -0.39 is 22.6 Å². The van der Waals surface area contributed by atoms with Crippen LogP contribution in [0.15, 0.2) is 0 Å². The Morgan fingerprint density at radius 1 is 1.00 bits per heavy atom. The second kappa shape index (κ2) is 2.14. The standard InChI is InChI=1S/C8H12NO3/c1-7(2)5(10)6(11)8(3,4)9(7)12/h1-4H3/q-1. The molecule has 0 spiro atoms. The molecule has 68 valence electrons. The topological polar surface area (TPSA) is 60.4 Å². The van der Waals surface area contributed by atoms with E-state index in [4.69, 9.17) is 0 Å². The number of Topliss-reactive ketones (excluding diaryl/α,β-unsaturated/α-hetero) is 2. The molecule has 1 aliphatic rings. The third-order valence-corrected chi connectivity index (χ3v) is 2.33. The summed E-state index contributed by atoms with van der Waals surface area (Å²) in [5.41, 5.74) is -2.39. The van der Waals surface area contributed by atoms with Crippen LogP contribution in [0.5, 0.6) is 0 Å². The van der Waals surface area contributed by atoms with E-state index in [0.29, 0.717) is 5.06 Å². The van der Waals surface area contributed by atoms with Crippen molar-refractivity contribution in [2.75, 3.05) is 0 Å². The molecule has 12 heavy (non-hydrogen) atoms. The van der Waals surface area contributed by atoms with Crippen molar-refractivity contribution < 1.29 is 9.59 Å². The predicted molar refractivity (Wildman–Crippen MR) is 43.4 cm³/mol. The summed E-state index contributed by atoms with van der Waals surface area (Å²) in [4.78, 5) is 22.5. The number of hydrogen-bond acceptors (Lipinski definition) is 4. The smallest absolute Gasteiger partial charge is 0.219 e. The number of carbonyl (C=O) groups excluding carboxylic acids is 2. The average molecular weight is 170 g/mol. The van der Waals surface area contributed by atoms with Crippen LogP contribution in [0.25, 0.3) is 0 Å². The molecule has 1 rings (SSSR count). The monoisotopic (exact) mass is 170 g/mol. The SMILES string of the molecule is CC1(C)C(=O)C(=O)C(C)(C)N1[O-]. The highest BCUT2D eigenvalue weighted by atomic mass is 16.5. The van der Waals surface area contributed by atoms with E-state index in [1.165, 1.54) is 27.7 Å². The number of rotatable bonds is 0. The van der Waals surface area contributed by atoms with Crippen molar-refractivity contribution in [3.63, 3.8) is 0 Å². The number of ketones is 2. The van der Waals surface area contributed by atoms with Gasteiger partial charge in [0.25, 0.3) is 0 Å². The van der Waals surface area contributed by atoms with Gasteiger partial charge in [0.2, 0.25) is 11.6 Å². The highest BCUT2D eigenvalue weighted by molar-refractivity contribution is 6.45. The van der Waals surface area contributed by atoms with Crippen molar-refractivity contribution in [3.8, 4) is 0 Å². The van der Waals surface area contributed by atoms with Crippen LogP contribution in [-0.2, 0) is 9.59 Å². The third kappa shape index (κ3) is 0.850. The Hall–Kier alpha value is -0.740. The lowest BCUT2D eigenvalue weighted by atomic mass is 9.98. The summed E-state index contributed by atoms with van der Waals surface area (Å²) in [6.45, 7) is 5.87. The van der Waals surface area contributed by atoms with Gasteiger partial charge in [-0.05, 0) is 27.7 Å². The van der Waals surface area contributed by atoms with E-state index in [-0.39, 0.29) is 0 Å². The average Bonchev–Trinajstić information content (AvgIpc) is 2.06. The fourth-order valence-corrected chi connectivity index (χ4v) is 1.44. The van der Waals surface area contributed by atoms with Crippen molar-refractivity contribution in [2.24, 2.45) is 0 Å². The Balaban J connectivity index is 3.21. The summed E-state index contributed by atoms with van der Waals surface area (Å²) in [5.74, 6) is -1.19. The molecule has 4 nitrogen and oxygen atoms in total. The molecule has 1 heterocycles. The molecule has 0 radical (unpaired) electrons. The minimum Gasteiger partial charge on any atom is -0.784 e. The summed E-state index contributed by atoms with van der Waals surface area (Å²) >= 11 is 0. The lowest BCUT2D eigenvalue weighted by molar-refractivity contribution is -0.137. The maximum atomic E-state index is 11.4. The molecule has 0 N–H and O–H groups in total. The van der Waals surface area contributed by atoms with Crippen LogP contribution < -0.4 is 0 Å². The molecule has 0 amide bonds. The predicted octanol–water partition coefficient (Wildman–Crippen LogP) is 0.495. The summed E-state index contributed by atoms with van der Waals surface area (Å²) < 4.78 is 0. The van der Waals surface area contributed by atoms with Gasteiger partial charge in [0.05, 0.1) is 11.1 Å². The number of carbonyl (C=O) groups is 2. The van der Waals surface area contributed by atoms with Gasteiger partial charge in [0, 0.05) is 0 Å². The van der Waals surface area contributed by atoms with Gasteiger partial charge in [0.15, 0.2) is 0 Å². The molecule has 0 aromatic carbocycles. The molecular weight excluding hydrogens is 158 g/mol. The molecule has 0 aliphatic carbocycles. The summed E-state index contributed by atoms with van der Waals surface area (Å²) in [6.07, 6.45) is 0. The summed E-state index contributed by atoms with van der Waals surface area (Å²) in [6, 6.07) is 0. The number of hydroxylamine groups is 2. The van der Waals surface area contributed by atoms with Gasteiger partial charge in [-0.15, -0.1) is 0 Å². The van der Waals surface area contributed by atoms with Crippen LogP contribution >= 0.6 is 0 Å². The van der Waals surface area contributed by atoms with Crippen LogP contribution in [-0.4, -0.2) is 27.7 Å². The normalized spacial score (nSPS) is 28.1. The first-order valence-electron chi connectivity index (χ1n) is 3.79. The van der Waals surface area contributed by atoms with E-state index in [9.17, 15) is 14.8 Å². The first-order chi connectivity index (χ1) is 5.22. The van der Waals surface area contributed by atoms with Gasteiger partial charge in [-0.3, -0.25) is 9.59 Å². The first-order valence-corrected chi connectivity index (χ1v) is 3.79. The van der Waals surface area contributed by atoms with E-state index in [1.807, 2.05) is 0 Å². The van der Waals surface area contributed by atoms with Crippen LogP contribution in [0.4, 0.5) is 0 Å². The maximum absolute atomic E-state index is 11.4. The third-order valence-electron chi connectivity index (χ3n) is 2.33. The minimum atomic E-state index is -1.19. The molecule has 0 aromatic heterocycles. The molecule has 0 aromatic rings. The molecule has 0 bridgehead atoms. The minimum absolute atomic E-state index is 0.574. The van der Waals surface area contributed by atoms with Crippen LogP contribution in [0.2, 0.25) is 0 Å². The largest absolute Gasteiger partial charge is 0.784 e. The molecule has 1 saturated heterocycles. The maximum Gasteiger partial charge on any atom is 0.219 e. The van der Waals surface area contributed by atoms with Crippen molar-refractivity contribution in [1.82, 2.24) is 5.06 Å². The van der Waals surface area contributed by atoms with E-state index in [2.05, 4.69) is 0 Å². The first kappa shape index (κ1) is 9.35. The zero-order valence-electron chi connectivity index (χ0n) is 7.67. The Bertz CT molecular complexity index is 229. The fourth-order valence-electron chi connectivity index (χ4n) is 1.44. The number of nitrogens with zero attached hydrogens (tertiary/aromatic N) is 1. The fraction of sp³-hybridized carbons (Fsp3) is 0.750. The van der Waals surface area contributed by atoms with E-state index in [0.717, 1.165) is 0 Å². The van der Waals surface area contributed by atoms with E-state index >= 15 is 0 Å². The van der Waals surface area contributed by atoms with Crippen LogP contribution in [0.1, 0.15) is 27.7 Å². The van der Waals surface area contributed by atoms with Gasteiger partial charge in [-0.2, -0.15) is 0 Å². The number of hydrogen-bond donors (Lipinski definition) is 0. The lowest BCUT2D eigenvalue weighted by Crippen LogP contribution is -2.46. The zero-order chi connectivity index (χ0) is 9.73. The quantitative estimate of drug-likeness (QED) is 0.496. The van der Waals surface area contributed by atoms with Gasteiger partial charge >= 0.3 is 0 Å². The summed E-state index contributed by atoms with van der Waals surface area (Å²) in [5, 5.41) is 12.0. The van der Waals surface area contributed by atoms with Crippen molar-refractivity contribution in [3.05, 3.63) is 5.21 Å². The van der Waals surface area contributed by atoms with E-state index in [1.54, 1.807) is 0 Å². The molecule has 1 fully saturated rings. The molecule has 0 atom stereocenters. The van der Waals surface area contributed by atoms with Crippen LogP contribution in [0, 0.1) is 5.21 Å².